The van der Waals surface area contributed by atoms with Crippen molar-refractivity contribution in [2.75, 3.05) is 18.4 Å². The second-order valence-electron chi connectivity index (χ2n) is 7.01. The van der Waals surface area contributed by atoms with Crippen molar-refractivity contribution in [1.82, 2.24) is 10.6 Å². The third-order valence-corrected chi connectivity index (χ3v) is 5.50. The summed E-state index contributed by atoms with van der Waals surface area (Å²) in [7, 11) is 0. The quantitative estimate of drug-likeness (QED) is 0.729. The van der Waals surface area contributed by atoms with Crippen LogP contribution in [0.5, 0.6) is 0 Å². The molecule has 0 saturated carbocycles. The minimum Gasteiger partial charge on any atom is -0.370 e. The Labute approximate surface area is 168 Å². The number of nitriles is 2. The first-order valence-electron chi connectivity index (χ1n) is 9.19. The summed E-state index contributed by atoms with van der Waals surface area (Å²) in [6, 6.07) is 15.4. The molecule has 3 N–H and O–H groups in total. The predicted octanol–water partition coefficient (Wildman–Crippen LogP) is 3.45. The van der Waals surface area contributed by atoms with Crippen LogP contribution in [0, 0.1) is 22.7 Å². The highest BCUT2D eigenvalue weighted by Crippen LogP contribution is 2.41. The summed E-state index contributed by atoms with van der Waals surface area (Å²) in [5, 5.41) is 30.1. The Bertz CT molecular complexity index is 1020. The summed E-state index contributed by atoms with van der Waals surface area (Å²) in [5.74, 6) is 0.799. The third kappa shape index (κ3) is 3.29. The van der Waals surface area contributed by atoms with Gasteiger partial charge in [0.15, 0.2) is 0 Å². The maximum atomic E-state index is 9.53. The summed E-state index contributed by atoms with van der Waals surface area (Å²) < 4.78 is 0. The van der Waals surface area contributed by atoms with E-state index in [4.69, 9.17) is 16.6 Å². The zero-order valence-electron chi connectivity index (χ0n) is 15.2. The van der Waals surface area contributed by atoms with Crippen LogP contribution in [0.3, 0.4) is 0 Å². The van der Waals surface area contributed by atoms with Gasteiger partial charge in [0.2, 0.25) is 0 Å². The predicted molar refractivity (Wildman–Crippen MR) is 110 cm³/mol. The minimum absolute atomic E-state index is 0.392. The van der Waals surface area contributed by atoms with E-state index in [1.165, 1.54) is 0 Å². The van der Waals surface area contributed by atoms with E-state index in [2.05, 4.69) is 28.1 Å². The molecule has 0 aromatic heterocycles. The smallest absolute Gasteiger partial charge is 0.129 e. The molecule has 0 radical (unpaired) electrons. The van der Waals surface area contributed by atoms with Gasteiger partial charge in [0.05, 0.1) is 22.4 Å². The molecule has 1 spiro atoms. The molecule has 7 heteroatoms. The van der Waals surface area contributed by atoms with E-state index in [0.29, 0.717) is 34.1 Å². The highest BCUT2D eigenvalue weighted by molar-refractivity contribution is 6.30. The molecule has 4 rings (SSSR count). The average molecular weight is 391 g/mol. The van der Waals surface area contributed by atoms with Gasteiger partial charge in [0, 0.05) is 11.6 Å². The number of amidine groups is 1. The second-order valence-corrected chi connectivity index (χ2v) is 7.45. The van der Waals surface area contributed by atoms with E-state index >= 15 is 0 Å². The molecule has 28 heavy (non-hydrogen) atoms. The van der Waals surface area contributed by atoms with Crippen molar-refractivity contribution in [3.63, 3.8) is 0 Å². The number of nitrogens with one attached hydrogen (secondary N) is 3. The van der Waals surface area contributed by atoms with Gasteiger partial charge in [-0.25, -0.2) is 4.99 Å². The van der Waals surface area contributed by atoms with Crippen LogP contribution in [-0.4, -0.2) is 24.5 Å². The van der Waals surface area contributed by atoms with Crippen LogP contribution in [0.25, 0.3) is 0 Å². The Hall–Kier alpha value is -3.06. The summed E-state index contributed by atoms with van der Waals surface area (Å²) >= 11 is 6.10. The molecule has 140 valence electrons. The van der Waals surface area contributed by atoms with E-state index < -0.39 is 5.54 Å². The highest BCUT2D eigenvalue weighted by atomic mass is 35.5. The maximum absolute atomic E-state index is 9.53. The Balaban J connectivity index is 1.76. The second kappa shape index (κ2) is 7.52. The molecule has 0 bridgehead atoms. The van der Waals surface area contributed by atoms with Gasteiger partial charge in [0.25, 0.3) is 0 Å². The van der Waals surface area contributed by atoms with Crippen molar-refractivity contribution < 1.29 is 0 Å². The monoisotopic (exact) mass is 390 g/mol. The number of fused-ring (bicyclic) bond motifs is 1. The number of rotatable bonds is 2. The highest BCUT2D eigenvalue weighted by Gasteiger charge is 2.41. The van der Waals surface area contributed by atoms with Crippen LogP contribution in [0.2, 0.25) is 5.02 Å². The van der Waals surface area contributed by atoms with Gasteiger partial charge in [-0.05, 0) is 55.8 Å². The standard InChI is InChI=1S/C21H19ClN6/c22-17-3-1-2-14(10-17)13-26-20-21(6-8-25-9-7-21)28-19-16(12-24)5-4-15(11-23)18(19)27-20/h1-5,10,25,28H,6-9,13H2,(H,26,27). The Kier molecular flexibility index (Phi) is 4.92. The third-order valence-electron chi connectivity index (χ3n) is 5.27. The number of halogens is 1. The Morgan fingerprint density at radius 1 is 1.11 bits per heavy atom. The van der Waals surface area contributed by atoms with Gasteiger partial charge in [-0.3, -0.25) is 0 Å². The van der Waals surface area contributed by atoms with E-state index in [9.17, 15) is 10.5 Å². The fourth-order valence-electron chi connectivity index (χ4n) is 3.79. The zero-order valence-corrected chi connectivity index (χ0v) is 16.0. The molecule has 2 aromatic carbocycles. The van der Waals surface area contributed by atoms with Gasteiger partial charge in [-0.1, -0.05) is 23.7 Å². The topological polar surface area (TPSA) is 96.0 Å². The molecule has 0 amide bonds. The molecule has 1 saturated heterocycles. The number of anilines is 1. The van der Waals surface area contributed by atoms with Crippen LogP contribution in [-0.2, 0) is 6.54 Å². The number of piperidine rings is 1. The van der Waals surface area contributed by atoms with E-state index in [-0.39, 0.29) is 0 Å². The van der Waals surface area contributed by atoms with Gasteiger partial charge in [-0.2, -0.15) is 10.5 Å². The van der Waals surface area contributed by atoms with Crippen LogP contribution in [0.1, 0.15) is 29.5 Å². The lowest BCUT2D eigenvalue weighted by atomic mass is 9.84. The summed E-state index contributed by atoms with van der Waals surface area (Å²) in [6.07, 6.45) is 1.66. The lowest BCUT2D eigenvalue weighted by Gasteiger charge is -2.43. The maximum Gasteiger partial charge on any atom is 0.129 e. The first-order chi connectivity index (χ1) is 13.6. The summed E-state index contributed by atoms with van der Waals surface area (Å²) in [5.41, 5.74) is 2.79. The van der Waals surface area contributed by atoms with Crippen LogP contribution in [0.4, 0.5) is 11.4 Å². The molecule has 6 nitrogen and oxygen atoms in total. The first kappa shape index (κ1) is 18.3. The van der Waals surface area contributed by atoms with Gasteiger partial charge in [0.1, 0.15) is 23.7 Å². The van der Waals surface area contributed by atoms with Crippen LogP contribution >= 0.6 is 11.6 Å². The van der Waals surface area contributed by atoms with Crippen molar-refractivity contribution in [2.24, 2.45) is 4.99 Å². The fraction of sp³-hybridized carbons (Fsp3) is 0.286. The lowest BCUT2D eigenvalue weighted by molar-refractivity contribution is 0.412. The normalized spacial score (nSPS) is 16.9. The number of benzene rings is 2. The van der Waals surface area contributed by atoms with Crippen molar-refractivity contribution in [3.05, 3.63) is 58.1 Å². The number of nitrogens with zero attached hydrogens (tertiary/aromatic N) is 3. The molecule has 0 unspecified atom stereocenters. The lowest BCUT2D eigenvalue weighted by Crippen LogP contribution is -2.58. The molecule has 2 heterocycles. The van der Waals surface area contributed by atoms with Gasteiger partial charge < -0.3 is 16.0 Å². The molecular weight excluding hydrogens is 372 g/mol. The van der Waals surface area contributed by atoms with Crippen LogP contribution < -0.4 is 16.0 Å². The van der Waals surface area contributed by atoms with Crippen LogP contribution in [0.15, 0.2) is 41.4 Å². The molecule has 2 aliphatic heterocycles. The van der Waals surface area contributed by atoms with E-state index in [1.807, 2.05) is 24.3 Å². The number of hydrogen-bond acceptors (Lipinski definition) is 6. The number of hydrogen-bond donors (Lipinski definition) is 3. The Morgan fingerprint density at radius 2 is 1.86 bits per heavy atom. The molecule has 2 aliphatic rings. The fourth-order valence-corrected chi connectivity index (χ4v) is 4.00. The zero-order chi connectivity index (χ0) is 19.6. The minimum atomic E-state index is -0.392. The van der Waals surface area contributed by atoms with E-state index in [0.717, 1.165) is 37.3 Å². The largest absolute Gasteiger partial charge is 0.370 e. The molecule has 0 aliphatic carbocycles. The van der Waals surface area contributed by atoms with Crippen molar-refractivity contribution in [1.29, 1.82) is 10.5 Å². The van der Waals surface area contributed by atoms with Gasteiger partial charge >= 0.3 is 0 Å². The van der Waals surface area contributed by atoms with Crippen molar-refractivity contribution in [2.45, 2.75) is 24.9 Å². The SMILES string of the molecule is N#Cc1ccc(C#N)c2c1N=C(NCc1cccc(Cl)c1)C1(CCNCC1)N2. The van der Waals surface area contributed by atoms with Crippen molar-refractivity contribution >= 4 is 28.8 Å². The number of aliphatic imine (C=N–C) groups is 1. The molecular formula is C21H19ClN6. The molecule has 2 aromatic rings. The molecule has 1 fully saturated rings. The summed E-state index contributed by atoms with van der Waals surface area (Å²) in [4.78, 5) is 4.85. The van der Waals surface area contributed by atoms with Gasteiger partial charge in [-0.15, -0.1) is 0 Å². The van der Waals surface area contributed by atoms with E-state index in [1.54, 1.807) is 12.1 Å². The Morgan fingerprint density at radius 3 is 2.57 bits per heavy atom. The summed E-state index contributed by atoms with van der Waals surface area (Å²) in [6.45, 7) is 2.27. The van der Waals surface area contributed by atoms with Crippen molar-refractivity contribution in [3.8, 4) is 12.1 Å². The average Bonchev–Trinajstić information content (AvgIpc) is 2.72. The molecule has 0 atom stereocenters. The first-order valence-corrected chi connectivity index (χ1v) is 9.56.